The van der Waals surface area contributed by atoms with Crippen molar-refractivity contribution in [3.63, 3.8) is 0 Å². The Kier molecular flexibility index (Phi) is 3.33. The van der Waals surface area contributed by atoms with Crippen LogP contribution in [0.2, 0.25) is 0 Å². The third-order valence-corrected chi connectivity index (χ3v) is 4.07. The van der Waals surface area contributed by atoms with E-state index in [9.17, 15) is 5.11 Å². The van der Waals surface area contributed by atoms with Crippen LogP contribution in [-0.4, -0.2) is 29.5 Å². The minimum Gasteiger partial charge on any atom is -0.394 e. The summed E-state index contributed by atoms with van der Waals surface area (Å²) in [6.07, 6.45) is 7.28. The SMILES string of the molecule is CC1CCC(N)(CO)CC1OC1CCC1. The molecule has 0 amide bonds. The molecule has 0 radical (unpaired) electrons. The molecule has 0 aromatic carbocycles. The highest BCUT2D eigenvalue weighted by Crippen LogP contribution is 2.35. The van der Waals surface area contributed by atoms with E-state index in [1.807, 2.05) is 0 Å². The molecule has 3 nitrogen and oxygen atoms in total. The molecule has 3 heteroatoms. The second-order valence-corrected chi connectivity index (χ2v) is 5.47. The Labute approximate surface area is 92.0 Å². The molecule has 2 aliphatic carbocycles. The van der Waals surface area contributed by atoms with Crippen LogP contribution in [-0.2, 0) is 4.74 Å². The average Bonchev–Trinajstić information content (AvgIpc) is 2.17. The van der Waals surface area contributed by atoms with Crippen molar-refractivity contribution in [3.8, 4) is 0 Å². The van der Waals surface area contributed by atoms with Gasteiger partial charge in [0.15, 0.2) is 0 Å². The van der Waals surface area contributed by atoms with Crippen LogP contribution in [0.5, 0.6) is 0 Å². The summed E-state index contributed by atoms with van der Waals surface area (Å²) in [5.41, 5.74) is 5.73. The molecule has 15 heavy (non-hydrogen) atoms. The van der Waals surface area contributed by atoms with Gasteiger partial charge >= 0.3 is 0 Å². The average molecular weight is 213 g/mol. The number of rotatable bonds is 3. The van der Waals surface area contributed by atoms with Gasteiger partial charge in [0.2, 0.25) is 0 Å². The van der Waals surface area contributed by atoms with Crippen LogP contribution in [0, 0.1) is 5.92 Å². The van der Waals surface area contributed by atoms with E-state index in [2.05, 4.69) is 6.92 Å². The van der Waals surface area contributed by atoms with Gasteiger partial charge in [0.25, 0.3) is 0 Å². The van der Waals surface area contributed by atoms with Crippen LogP contribution in [0.1, 0.15) is 45.4 Å². The van der Waals surface area contributed by atoms with Crippen molar-refractivity contribution in [2.24, 2.45) is 11.7 Å². The molecule has 0 aliphatic heterocycles. The van der Waals surface area contributed by atoms with Gasteiger partial charge in [0.05, 0.1) is 18.8 Å². The van der Waals surface area contributed by atoms with Gasteiger partial charge in [-0.25, -0.2) is 0 Å². The van der Waals surface area contributed by atoms with Crippen LogP contribution >= 0.6 is 0 Å². The van der Waals surface area contributed by atoms with E-state index in [0.717, 1.165) is 19.3 Å². The van der Waals surface area contributed by atoms with E-state index in [1.165, 1.54) is 19.3 Å². The van der Waals surface area contributed by atoms with Crippen LogP contribution in [0.15, 0.2) is 0 Å². The van der Waals surface area contributed by atoms with Gasteiger partial charge in [-0.15, -0.1) is 0 Å². The molecule has 2 fully saturated rings. The highest BCUT2D eigenvalue weighted by Gasteiger charge is 2.38. The Morgan fingerprint density at radius 1 is 1.40 bits per heavy atom. The van der Waals surface area contributed by atoms with Crippen LogP contribution < -0.4 is 5.73 Å². The molecule has 3 atom stereocenters. The summed E-state index contributed by atoms with van der Waals surface area (Å²) in [6.45, 7) is 2.32. The molecule has 3 unspecified atom stereocenters. The first-order chi connectivity index (χ1) is 7.13. The predicted octanol–water partition coefficient (Wildman–Crippen LogP) is 1.43. The summed E-state index contributed by atoms with van der Waals surface area (Å²) in [7, 11) is 0. The third kappa shape index (κ3) is 2.52. The second-order valence-electron chi connectivity index (χ2n) is 5.47. The molecular weight excluding hydrogens is 190 g/mol. The molecule has 2 saturated carbocycles. The highest BCUT2D eigenvalue weighted by molar-refractivity contribution is 4.94. The quantitative estimate of drug-likeness (QED) is 0.745. The Bertz CT molecular complexity index is 218. The monoisotopic (exact) mass is 213 g/mol. The predicted molar refractivity (Wildman–Crippen MR) is 59.5 cm³/mol. The lowest BCUT2D eigenvalue weighted by molar-refractivity contribution is -0.102. The van der Waals surface area contributed by atoms with Crippen molar-refractivity contribution in [1.29, 1.82) is 0 Å². The molecule has 0 heterocycles. The summed E-state index contributed by atoms with van der Waals surface area (Å²) in [4.78, 5) is 0. The molecule has 88 valence electrons. The van der Waals surface area contributed by atoms with Gasteiger partial charge in [0.1, 0.15) is 0 Å². The summed E-state index contributed by atoms with van der Waals surface area (Å²) in [6, 6.07) is 0. The smallest absolute Gasteiger partial charge is 0.0622 e. The molecule has 0 saturated heterocycles. The van der Waals surface area contributed by atoms with Crippen molar-refractivity contribution >= 4 is 0 Å². The van der Waals surface area contributed by atoms with Crippen LogP contribution in [0.4, 0.5) is 0 Å². The van der Waals surface area contributed by atoms with Crippen molar-refractivity contribution in [3.05, 3.63) is 0 Å². The van der Waals surface area contributed by atoms with Crippen molar-refractivity contribution in [2.45, 2.75) is 63.2 Å². The molecule has 3 N–H and O–H groups in total. The summed E-state index contributed by atoms with van der Waals surface area (Å²) >= 11 is 0. The van der Waals surface area contributed by atoms with E-state index in [4.69, 9.17) is 10.5 Å². The van der Waals surface area contributed by atoms with Gasteiger partial charge in [-0.1, -0.05) is 6.92 Å². The van der Waals surface area contributed by atoms with Crippen LogP contribution in [0.25, 0.3) is 0 Å². The maximum atomic E-state index is 9.28. The Balaban J connectivity index is 1.89. The van der Waals surface area contributed by atoms with E-state index < -0.39 is 0 Å². The molecule has 2 rings (SSSR count). The van der Waals surface area contributed by atoms with Gasteiger partial charge in [-0.2, -0.15) is 0 Å². The number of aliphatic hydroxyl groups is 1. The number of aliphatic hydroxyl groups excluding tert-OH is 1. The lowest BCUT2D eigenvalue weighted by Gasteiger charge is -2.42. The zero-order chi connectivity index (χ0) is 10.9. The fraction of sp³-hybridized carbons (Fsp3) is 1.00. The number of hydrogen-bond acceptors (Lipinski definition) is 3. The maximum Gasteiger partial charge on any atom is 0.0622 e. The van der Waals surface area contributed by atoms with Crippen LogP contribution in [0.3, 0.4) is 0 Å². The van der Waals surface area contributed by atoms with E-state index in [0.29, 0.717) is 12.0 Å². The Morgan fingerprint density at radius 2 is 2.13 bits per heavy atom. The first kappa shape index (κ1) is 11.4. The standard InChI is InChI=1S/C12H23NO2/c1-9-5-6-12(13,8-14)7-11(9)15-10-3-2-4-10/h9-11,14H,2-8,13H2,1H3. The number of ether oxygens (including phenoxy) is 1. The molecule has 2 aliphatic rings. The first-order valence-corrected chi connectivity index (χ1v) is 6.18. The molecule has 0 bridgehead atoms. The summed E-state index contributed by atoms with van der Waals surface area (Å²) in [5, 5.41) is 9.28. The fourth-order valence-electron chi connectivity index (χ4n) is 2.48. The fourth-order valence-corrected chi connectivity index (χ4v) is 2.48. The van der Waals surface area contributed by atoms with Crippen molar-refractivity contribution in [2.75, 3.05) is 6.61 Å². The Hall–Kier alpha value is -0.120. The zero-order valence-corrected chi connectivity index (χ0v) is 9.61. The molecule has 0 aromatic heterocycles. The summed E-state index contributed by atoms with van der Waals surface area (Å²) in [5.74, 6) is 0.592. The molecule has 0 aromatic rings. The van der Waals surface area contributed by atoms with E-state index in [-0.39, 0.29) is 18.2 Å². The minimum absolute atomic E-state index is 0.0875. The summed E-state index contributed by atoms with van der Waals surface area (Å²) < 4.78 is 6.05. The topological polar surface area (TPSA) is 55.5 Å². The zero-order valence-electron chi connectivity index (χ0n) is 9.61. The van der Waals surface area contributed by atoms with E-state index in [1.54, 1.807) is 0 Å². The van der Waals surface area contributed by atoms with Crippen molar-refractivity contribution < 1.29 is 9.84 Å². The first-order valence-electron chi connectivity index (χ1n) is 6.18. The number of nitrogens with two attached hydrogens (primary N) is 1. The molecule has 0 spiro atoms. The maximum absolute atomic E-state index is 9.28. The third-order valence-electron chi connectivity index (χ3n) is 4.07. The van der Waals surface area contributed by atoms with E-state index >= 15 is 0 Å². The number of hydrogen-bond donors (Lipinski definition) is 2. The van der Waals surface area contributed by atoms with Gasteiger partial charge in [0, 0.05) is 5.54 Å². The lowest BCUT2D eigenvalue weighted by atomic mass is 9.76. The van der Waals surface area contributed by atoms with Gasteiger partial charge in [-0.3, -0.25) is 0 Å². The Morgan fingerprint density at radius 3 is 2.67 bits per heavy atom. The minimum atomic E-state index is -0.388. The van der Waals surface area contributed by atoms with Gasteiger partial charge in [-0.05, 0) is 44.4 Å². The lowest BCUT2D eigenvalue weighted by Crippen LogP contribution is -2.52. The highest BCUT2D eigenvalue weighted by atomic mass is 16.5. The normalized spacial score (nSPS) is 42.6. The second kappa shape index (κ2) is 4.40. The molecular formula is C12H23NO2. The van der Waals surface area contributed by atoms with Crippen molar-refractivity contribution in [1.82, 2.24) is 0 Å². The van der Waals surface area contributed by atoms with Gasteiger partial charge < -0.3 is 15.6 Å². The largest absolute Gasteiger partial charge is 0.394 e.